The number of hydrogen-bond donors (Lipinski definition) is 0. The van der Waals surface area contributed by atoms with Gasteiger partial charge in [-0.15, -0.1) is 0 Å². The van der Waals surface area contributed by atoms with Gasteiger partial charge in [-0.1, -0.05) is 18.5 Å². The Balaban J connectivity index is 1.86. The normalized spacial score (nSPS) is 29.5. The first-order valence-corrected chi connectivity index (χ1v) is 9.09. The summed E-state index contributed by atoms with van der Waals surface area (Å²) in [5.74, 6) is -0.569. The van der Waals surface area contributed by atoms with E-state index in [-0.39, 0.29) is 18.2 Å². The van der Waals surface area contributed by atoms with E-state index in [0.29, 0.717) is 5.15 Å². The topological polar surface area (TPSA) is 49.2 Å². The highest BCUT2D eigenvalue weighted by atomic mass is 127. The maximum Gasteiger partial charge on any atom is 0.164 e. The molecule has 3 heterocycles. The van der Waals surface area contributed by atoms with E-state index < -0.39 is 5.79 Å². The molecule has 2 aliphatic rings. The standard InChI is InChI=1S/C16H17ClIN3O2/c1-4-8-10(18)11(13-12(8)22-16(2,3)23-13)21-6-5-9-14(17)19-7-20-15(9)21/h5-7,11-13H,4H2,1-3H3/t11-,12-,13+/m1/s1. The third-order valence-electron chi connectivity index (χ3n) is 4.49. The first-order valence-electron chi connectivity index (χ1n) is 7.64. The predicted octanol–water partition coefficient (Wildman–Crippen LogP) is 4.26. The van der Waals surface area contributed by atoms with Crippen molar-refractivity contribution >= 4 is 45.2 Å². The van der Waals surface area contributed by atoms with E-state index in [9.17, 15) is 0 Å². The maximum absolute atomic E-state index is 6.22. The molecule has 0 spiro atoms. The van der Waals surface area contributed by atoms with Crippen LogP contribution >= 0.6 is 34.2 Å². The van der Waals surface area contributed by atoms with Crippen LogP contribution in [0.2, 0.25) is 5.15 Å². The molecular weight excluding hydrogens is 429 g/mol. The Labute approximate surface area is 153 Å². The molecule has 1 aliphatic heterocycles. The average Bonchev–Trinajstić information content (AvgIpc) is 3.09. The van der Waals surface area contributed by atoms with Crippen LogP contribution < -0.4 is 0 Å². The molecular formula is C16H17ClIN3O2. The van der Waals surface area contributed by atoms with Gasteiger partial charge in [0.15, 0.2) is 5.79 Å². The molecule has 1 aliphatic carbocycles. The van der Waals surface area contributed by atoms with E-state index in [1.807, 2.05) is 26.1 Å². The van der Waals surface area contributed by atoms with E-state index in [1.165, 1.54) is 15.5 Å². The molecule has 7 heteroatoms. The average molecular weight is 446 g/mol. The fraction of sp³-hybridized carbons (Fsp3) is 0.500. The zero-order chi connectivity index (χ0) is 16.4. The molecule has 0 amide bonds. The molecule has 0 bridgehead atoms. The minimum Gasteiger partial charge on any atom is -0.342 e. The molecule has 0 unspecified atom stereocenters. The number of ether oxygens (including phenoxy) is 2. The predicted molar refractivity (Wildman–Crippen MR) is 96.7 cm³/mol. The van der Waals surface area contributed by atoms with Crippen LogP contribution in [-0.4, -0.2) is 32.5 Å². The lowest BCUT2D eigenvalue weighted by Crippen LogP contribution is -2.28. The van der Waals surface area contributed by atoms with Crippen molar-refractivity contribution in [2.75, 3.05) is 0 Å². The lowest BCUT2D eigenvalue weighted by Gasteiger charge is -2.24. The summed E-state index contributed by atoms with van der Waals surface area (Å²) in [6.45, 7) is 6.10. The van der Waals surface area contributed by atoms with E-state index in [1.54, 1.807) is 0 Å². The second kappa shape index (κ2) is 5.40. The lowest BCUT2D eigenvalue weighted by molar-refractivity contribution is -0.148. The molecule has 2 aromatic rings. The van der Waals surface area contributed by atoms with E-state index in [4.69, 9.17) is 21.1 Å². The molecule has 0 saturated carbocycles. The molecule has 3 atom stereocenters. The van der Waals surface area contributed by atoms with Crippen molar-refractivity contribution in [3.8, 4) is 0 Å². The third kappa shape index (κ3) is 2.33. The van der Waals surface area contributed by atoms with Crippen molar-refractivity contribution in [2.45, 2.75) is 51.2 Å². The van der Waals surface area contributed by atoms with Gasteiger partial charge in [0, 0.05) is 9.78 Å². The SMILES string of the molecule is CCC1=C(I)[C@@H](n2ccc3c(Cl)ncnc32)[C@@H]2OC(C)(C)O[C@H]12. The number of aromatic nitrogens is 3. The molecule has 5 nitrogen and oxygen atoms in total. The van der Waals surface area contributed by atoms with Crippen molar-refractivity contribution in [3.05, 3.63) is 32.9 Å². The lowest BCUT2D eigenvalue weighted by atomic mass is 10.1. The summed E-state index contributed by atoms with van der Waals surface area (Å²) < 4.78 is 15.8. The summed E-state index contributed by atoms with van der Waals surface area (Å²) in [6.07, 6.45) is 4.42. The van der Waals surface area contributed by atoms with Crippen LogP contribution in [0.15, 0.2) is 27.7 Å². The fourth-order valence-corrected chi connectivity index (χ4v) is 5.11. The first-order chi connectivity index (χ1) is 10.9. The van der Waals surface area contributed by atoms with E-state index in [0.717, 1.165) is 17.5 Å². The Kier molecular flexibility index (Phi) is 3.71. The van der Waals surface area contributed by atoms with Crippen LogP contribution in [0, 0.1) is 0 Å². The Hall–Kier alpha value is -0.700. The zero-order valence-electron chi connectivity index (χ0n) is 13.1. The number of rotatable bonds is 2. The second-order valence-electron chi connectivity index (χ2n) is 6.32. The summed E-state index contributed by atoms with van der Waals surface area (Å²) in [4.78, 5) is 8.49. The minimum absolute atomic E-state index is 0.00154. The van der Waals surface area contributed by atoms with Gasteiger partial charge in [-0.2, -0.15) is 0 Å². The number of hydrogen-bond acceptors (Lipinski definition) is 4. The largest absolute Gasteiger partial charge is 0.342 e. The summed E-state index contributed by atoms with van der Waals surface area (Å²) in [6, 6.07) is 2.02. The molecule has 1 fully saturated rings. The van der Waals surface area contributed by atoms with Crippen LogP contribution in [0.25, 0.3) is 11.0 Å². The van der Waals surface area contributed by atoms with Gasteiger partial charge in [0.2, 0.25) is 0 Å². The first kappa shape index (κ1) is 15.8. The molecule has 122 valence electrons. The van der Waals surface area contributed by atoms with Crippen LogP contribution in [0.1, 0.15) is 33.2 Å². The number of halogens is 2. The third-order valence-corrected chi connectivity index (χ3v) is 6.12. The molecule has 4 rings (SSSR count). The molecule has 0 aromatic carbocycles. The monoisotopic (exact) mass is 445 g/mol. The summed E-state index contributed by atoms with van der Waals surface area (Å²) >= 11 is 8.61. The van der Waals surface area contributed by atoms with Gasteiger partial charge >= 0.3 is 0 Å². The molecule has 0 N–H and O–H groups in total. The van der Waals surface area contributed by atoms with Crippen LogP contribution in [0.3, 0.4) is 0 Å². The van der Waals surface area contributed by atoms with Crippen molar-refractivity contribution in [2.24, 2.45) is 0 Å². The van der Waals surface area contributed by atoms with Crippen molar-refractivity contribution in [1.29, 1.82) is 0 Å². The minimum atomic E-state index is -0.569. The van der Waals surface area contributed by atoms with Gasteiger partial charge in [0.05, 0.1) is 11.4 Å². The van der Waals surface area contributed by atoms with E-state index in [2.05, 4.69) is 44.0 Å². The molecule has 1 saturated heterocycles. The fourth-order valence-electron chi connectivity index (χ4n) is 3.57. The Morgan fingerprint density at radius 2 is 2.13 bits per heavy atom. The van der Waals surface area contributed by atoms with Crippen molar-refractivity contribution in [1.82, 2.24) is 14.5 Å². The maximum atomic E-state index is 6.22. The summed E-state index contributed by atoms with van der Waals surface area (Å²) in [5.41, 5.74) is 2.14. The Morgan fingerprint density at radius 3 is 2.87 bits per heavy atom. The molecule has 2 aromatic heterocycles. The Morgan fingerprint density at radius 1 is 1.35 bits per heavy atom. The number of fused-ring (bicyclic) bond motifs is 2. The van der Waals surface area contributed by atoms with Crippen LogP contribution in [0.4, 0.5) is 0 Å². The highest BCUT2D eigenvalue weighted by Gasteiger charge is 2.53. The van der Waals surface area contributed by atoms with Gasteiger partial charge in [-0.25, -0.2) is 9.97 Å². The quantitative estimate of drug-likeness (QED) is 0.512. The zero-order valence-corrected chi connectivity index (χ0v) is 16.0. The molecule has 0 radical (unpaired) electrons. The smallest absolute Gasteiger partial charge is 0.164 e. The molecule has 23 heavy (non-hydrogen) atoms. The van der Waals surface area contributed by atoms with Crippen molar-refractivity contribution < 1.29 is 9.47 Å². The van der Waals surface area contributed by atoms with Crippen LogP contribution in [0.5, 0.6) is 0 Å². The van der Waals surface area contributed by atoms with Gasteiger partial charge in [0.25, 0.3) is 0 Å². The van der Waals surface area contributed by atoms with Gasteiger partial charge in [-0.05, 0) is 54.5 Å². The Bertz CT molecular complexity index is 817. The van der Waals surface area contributed by atoms with Crippen LogP contribution in [-0.2, 0) is 9.47 Å². The second-order valence-corrected chi connectivity index (χ2v) is 7.84. The van der Waals surface area contributed by atoms with Gasteiger partial charge < -0.3 is 14.0 Å². The highest BCUT2D eigenvalue weighted by molar-refractivity contribution is 14.1. The van der Waals surface area contributed by atoms with E-state index >= 15 is 0 Å². The highest BCUT2D eigenvalue weighted by Crippen LogP contribution is 2.51. The summed E-state index contributed by atoms with van der Waals surface area (Å²) in [7, 11) is 0. The van der Waals surface area contributed by atoms with Gasteiger partial charge in [-0.3, -0.25) is 0 Å². The number of nitrogens with zero attached hydrogens (tertiary/aromatic N) is 3. The van der Waals surface area contributed by atoms with Gasteiger partial charge in [0.1, 0.15) is 29.3 Å². The van der Waals surface area contributed by atoms with Crippen molar-refractivity contribution in [3.63, 3.8) is 0 Å². The summed E-state index contributed by atoms with van der Waals surface area (Å²) in [5, 5.41) is 1.33.